The number of nitrogens with one attached hydrogen (secondary N) is 1. The first-order valence-electron chi connectivity index (χ1n) is 7.53. The van der Waals surface area contributed by atoms with Gasteiger partial charge < -0.3 is 14.8 Å². The molecule has 0 radical (unpaired) electrons. The van der Waals surface area contributed by atoms with E-state index >= 15 is 0 Å². The summed E-state index contributed by atoms with van der Waals surface area (Å²) in [5, 5.41) is 2.57. The van der Waals surface area contributed by atoms with Gasteiger partial charge in [-0.3, -0.25) is 4.79 Å². The molecule has 2 aromatic carbocycles. The Labute approximate surface area is 147 Å². The van der Waals surface area contributed by atoms with Gasteiger partial charge in [0, 0.05) is 6.54 Å². The highest BCUT2D eigenvalue weighted by Gasteiger charge is 2.30. The van der Waals surface area contributed by atoms with Crippen LogP contribution in [0.4, 0.5) is 13.2 Å². The normalized spacial score (nSPS) is 10.9. The van der Waals surface area contributed by atoms with Crippen molar-refractivity contribution in [1.82, 2.24) is 5.32 Å². The molecule has 0 unspecified atom stereocenters. The minimum atomic E-state index is -4.48. The van der Waals surface area contributed by atoms with Crippen molar-refractivity contribution in [1.29, 1.82) is 0 Å². The summed E-state index contributed by atoms with van der Waals surface area (Å²) in [4.78, 5) is 23.5. The van der Waals surface area contributed by atoms with Crippen LogP contribution < -0.4 is 10.1 Å². The number of halogens is 3. The summed E-state index contributed by atoms with van der Waals surface area (Å²) in [6.45, 7) is -0.322. The van der Waals surface area contributed by atoms with Crippen LogP contribution >= 0.6 is 0 Å². The third-order valence-corrected chi connectivity index (χ3v) is 3.41. The fourth-order valence-electron chi connectivity index (χ4n) is 2.04. The Balaban J connectivity index is 1.82. The Morgan fingerprint density at radius 1 is 1.08 bits per heavy atom. The van der Waals surface area contributed by atoms with E-state index in [2.05, 4.69) is 5.32 Å². The molecule has 2 rings (SSSR count). The standard InChI is InChI=1S/C18H16F3NO4/c1-25-15-4-2-3-12(9-15)10-22-16(23)11-26-17(24)13-5-7-14(8-6-13)18(19,20)21/h2-9H,10-11H2,1H3,(H,22,23). The molecule has 0 heterocycles. The average Bonchev–Trinajstić information content (AvgIpc) is 2.64. The summed E-state index contributed by atoms with van der Waals surface area (Å²) in [6.07, 6.45) is -4.48. The predicted octanol–water partition coefficient (Wildman–Crippen LogP) is 3.19. The molecule has 0 spiro atoms. The van der Waals surface area contributed by atoms with E-state index in [1.165, 1.54) is 7.11 Å². The number of hydrogen-bond acceptors (Lipinski definition) is 4. The van der Waals surface area contributed by atoms with Crippen LogP contribution in [-0.2, 0) is 22.3 Å². The Morgan fingerprint density at radius 3 is 2.38 bits per heavy atom. The average molecular weight is 367 g/mol. The maximum Gasteiger partial charge on any atom is 0.416 e. The van der Waals surface area contributed by atoms with Gasteiger partial charge in [0.05, 0.1) is 18.2 Å². The minimum absolute atomic E-state index is 0.0707. The molecule has 1 N–H and O–H groups in total. The fraction of sp³-hybridized carbons (Fsp3) is 0.222. The van der Waals surface area contributed by atoms with E-state index in [1.807, 2.05) is 0 Å². The minimum Gasteiger partial charge on any atom is -0.497 e. The quantitative estimate of drug-likeness (QED) is 0.797. The van der Waals surface area contributed by atoms with Crippen molar-refractivity contribution in [2.75, 3.05) is 13.7 Å². The van der Waals surface area contributed by atoms with Gasteiger partial charge in [-0.05, 0) is 42.0 Å². The molecular formula is C18H16F3NO4. The summed E-state index contributed by atoms with van der Waals surface area (Å²) >= 11 is 0. The second-order valence-corrected chi connectivity index (χ2v) is 5.28. The van der Waals surface area contributed by atoms with E-state index in [-0.39, 0.29) is 12.1 Å². The highest BCUT2D eigenvalue weighted by molar-refractivity contribution is 5.91. The number of esters is 1. The number of methoxy groups -OCH3 is 1. The molecule has 8 heteroatoms. The van der Waals surface area contributed by atoms with Gasteiger partial charge >= 0.3 is 12.1 Å². The molecular weight excluding hydrogens is 351 g/mol. The lowest BCUT2D eigenvalue weighted by Gasteiger charge is -2.09. The van der Waals surface area contributed by atoms with Crippen molar-refractivity contribution >= 4 is 11.9 Å². The molecule has 0 aliphatic heterocycles. The Kier molecular flexibility index (Phi) is 6.21. The largest absolute Gasteiger partial charge is 0.497 e. The van der Waals surface area contributed by atoms with Gasteiger partial charge in [-0.15, -0.1) is 0 Å². The van der Waals surface area contributed by atoms with E-state index in [1.54, 1.807) is 24.3 Å². The monoisotopic (exact) mass is 367 g/mol. The molecule has 2 aromatic rings. The number of carbonyl (C=O) groups is 2. The van der Waals surface area contributed by atoms with Crippen molar-refractivity contribution in [3.63, 3.8) is 0 Å². The molecule has 0 atom stereocenters. The van der Waals surface area contributed by atoms with Gasteiger partial charge in [-0.2, -0.15) is 13.2 Å². The summed E-state index contributed by atoms with van der Waals surface area (Å²) in [7, 11) is 1.53. The molecule has 26 heavy (non-hydrogen) atoms. The van der Waals surface area contributed by atoms with Gasteiger partial charge in [0.2, 0.25) is 0 Å². The van der Waals surface area contributed by atoms with Crippen LogP contribution in [-0.4, -0.2) is 25.6 Å². The Hall–Kier alpha value is -3.03. The third kappa shape index (κ3) is 5.51. The van der Waals surface area contributed by atoms with Crippen molar-refractivity contribution in [2.45, 2.75) is 12.7 Å². The second kappa shape index (κ2) is 8.37. The van der Waals surface area contributed by atoms with E-state index < -0.39 is 30.2 Å². The van der Waals surface area contributed by atoms with Gasteiger partial charge in [0.15, 0.2) is 6.61 Å². The van der Waals surface area contributed by atoms with Crippen LogP contribution in [0.15, 0.2) is 48.5 Å². The SMILES string of the molecule is COc1cccc(CNC(=O)COC(=O)c2ccc(C(F)(F)F)cc2)c1. The first kappa shape index (κ1) is 19.3. The van der Waals surface area contributed by atoms with Crippen molar-refractivity contribution in [3.8, 4) is 5.75 Å². The zero-order valence-electron chi connectivity index (χ0n) is 13.8. The number of rotatable bonds is 6. The number of hydrogen-bond donors (Lipinski definition) is 1. The van der Waals surface area contributed by atoms with Crippen LogP contribution in [0.1, 0.15) is 21.5 Å². The second-order valence-electron chi connectivity index (χ2n) is 5.28. The van der Waals surface area contributed by atoms with Gasteiger partial charge in [0.1, 0.15) is 5.75 Å². The first-order chi connectivity index (χ1) is 12.3. The lowest BCUT2D eigenvalue weighted by Crippen LogP contribution is -2.28. The molecule has 0 saturated carbocycles. The molecule has 1 amide bonds. The number of alkyl halides is 3. The molecule has 0 aliphatic rings. The molecule has 0 saturated heterocycles. The van der Waals surface area contributed by atoms with E-state index in [0.29, 0.717) is 5.75 Å². The lowest BCUT2D eigenvalue weighted by molar-refractivity contribution is -0.137. The number of benzene rings is 2. The van der Waals surface area contributed by atoms with Crippen LogP contribution in [0, 0.1) is 0 Å². The summed E-state index contributed by atoms with van der Waals surface area (Å²) in [5.74, 6) is -0.770. The van der Waals surface area contributed by atoms with E-state index in [9.17, 15) is 22.8 Å². The molecule has 0 aromatic heterocycles. The molecule has 138 valence electrons. The molecule has 0 fully saturated rings. The fourth-order valence-corrected chi connectivity index (χ4v) is 2.04. The van der Waals surface area contributed by atoms with Crippen LogP contribution in [0.2, 0.25) is 0 Å². The highest BCUT2D eigenvalue weighted by atomic mass is 19.4. The van der Waals surface area contributed by atoms with Gasteiger partial charge in [0.25, 0.3) is 5.91 Å². The van der Waals surface area contributed by atoms with Crippen molar-refractivity contribution < 1.29 is 32.2 Å². The van der Waals surface area contributed by atoms with Gasteiger partial charge in [-0.1, -0.05) is 12.1 Å². The van der Waals surface area contributed by atoms with E-state index in [4.69, 9.17) is 9.47 Å². The summed E-state index contributed by atoms with van der Waals surface area (Å²) in [5.41, 5.74) is -0.143. The Bertz CT molecular complexity index is 773. The summed E-state index contributed by atoms with van der Waals surface area (Å²) < 4.78 is 47.3. The Morgan fingerprint density at radius 2 is 1.77 bits per heavy atom. The molecule has 0 bridgehead atoms. The number of carbonyl (C=O) groups excluding carboxylic acids is 2. The topological polar surface area (TPSA) is 64.6 Å². The third-order valence-electron chi connectivity index (χ3n) is 3.41. The summed E-state index contributed by atoms with van der Waals surface area (Å²) in [6, 6.07) is 10.6. The van der Waals surface area contributed by atoms with E-state index in [0.717, 1.165) is 29.8 Å². The highest BCUT2D eigenvalue weighted by Crippen LogP contribution is 2.29. The lowest BCUT2D eigenvalue weighted by atomic mass is 10.1. The maximum absolute atomic E-state index is 12.5. The van der Waals surface area contributed by atoms with Crippen LogP contribution in [0.5, 0.6) is 5.75 Å². The maximum atomic E-state index is 12.5. The number of ether oxygens (including phenoxy) is 2. The zero-order chi connectivity index (χ0) is 19.2. The first-order valence-corrected chi connectivity index (χ1v) is 7.53. The molecule has 5 nitrogen and oxygen atoms in total. The number of amides is 1. The van der Waals surface area contributed by atoms with Crippen molar-refractivity contribution in [2.24, 2.45) is 0 Å². The van der Waals surface area contributed by atoms with Gasteiger partial charge in [-0.25, -0.2) is 4.79 Å². The smallest absolute Gasteiger partial charge is 0.416 e. The van der Waals surface area contributed by atoms with Crippen molar-refractivity contribution in [3.05, 3.63) is 65.2 Å². The van der Waals surface area contributed by atoms with Crippen LogP contribution in [0.3, 0.4) is 0 Å². The van der Waals surface area contributed by atoms with Crippen LogP contribution in [0.25, 0.3) is 0 Å². The molecule has 0 aliphatic carbocycles. The zero-order valence-corrected chi connectivity index (χ0v) is 13.8. The predicted molar refractivity (Wildman–Crippen MR) is 86.6 cm³/mol.